The molecule has 1 unspecified atom stereocenters. The van der Waals surface area contributed by atoms with Crippen molar-refractivity contribution < 1.29 is 15.0 Å². The van der Waals surface area contributed by atoms with Crippen molar-refractivity contribution in [1.29, 1.82) is 0 Å². The molecule has 0 fully saturated rings. The lowest BCUT2D eigenvalue weighted by molar-refractivity contribution is -0.123. The van der Waals surface area contributed by atoms with Gasteiger partial charge in [-0.25, -0.2) is 0 Å². The van der Waals surface area contributed by atoms with E-state index in [-0.39, 0.29) is 25.5 Å². The molecule has 3 N–H and O–H groups in total. The molecule has 1 aromatic rings. The molecule has 17 heavy (non-hydrogen) atoms. The number of aliphatic hydroxyl groups is 2. The van der Waals surface area contributed by atoms with E-state index in [2.05, 4.69) is 5.32 Å². The Kier molecular flexibility index (Phi) is 5.12. The van der Waals surface area contributed by atoms with Crippen LogP contribution in [0.2, 0.25) is 0 Å². The van der Waals surface area contributed by atoms with Crippen LogP contribution >= 0.6 is 0 Å². The monoisotopic (exact) mass is 237 g/mol. The topological polar surface area (TPSA) is 69.6 Å². The van der Waals surface area contributed by atoms with Gasteiger partial charge in [0.25, 0.3) is 0 Å². The summed E-state index contributed by atoms with van der Waals surface area (Å²) in [5, 5.41) is 20.9. The minimum Gasteiger partial charge on any atom is -0.396 e. The quantitative estimate of drug-likeness (QED) is 0.685. The molecular weight excluding hydrogens is 218 g/mol. The van der Waals surface area contributed by atoms with Gasteiger partial charge in [-0.05, 0) is 18.9 Å². The van der Waals surface area contributed by atoms with Crippen LogP contribution in [-0.2, 0) is 10.3 Å². The van der Waals surface area contributed by atoms with Crippen molar-refractivity contribution >= 4 is 5.91 Å². The standard InChI is InChI=1S/C13H19NO3/c1-13(10-16,11-6-3-2-4-7-11)14-12(17)8-5-9-15/h2-4,6-7,15-16H,5,8-10H2,1H3,(H,14,17). The van der Waals surface area contributed by atoms with E-state index >= 15 is 0 Å². The number of amides is 1. The molecule has 0 aliphatic carbocycles. The van der Waals surface area contributed by atoms with Crippen molar-refractivity contribution in [1.82, 2.24) is 5.32 Å². The van der Waals surface area contributed by atoms with Gasteiger partial charge in [-0.2, -0.15) is 0 Å². The van der Waals surface area contributed by atoms with Crippen LogP contribution in [0.5, 0.6) is 0 Å². The summed E-state index contributed by atoms with van der Waals surface area (Å²) in [7, 11) is 0. The highest BCUT2D eigenvalue weighted by Gasteiger charge is 2.27. The summed E-state index contributed by atoms with van der Waals surface area (Å²) >= 11 is 0. The smallest absolute Gasteiger partial charge is 0.220 e. The van der Waals surface area contributed by atoms with Gasteiger partial charge in [0.05, 0.1) is 12.1 Å². The molecule has 0 aromatic heterocycles. The molecule has 4 heteroatoms. The first kappa shape index (κ1) is 13.7. The molecule has 1 aromatic carbocycles. The third-order valence-corrected chi connectivity index (χ3v) is 2.70. The van der Waals surface area contributed by atoms with Gasteiger partial charge in [-0.3, -0.25) is 4.79 Å². The molecule has 0 aliphatic heterocycles. The summed E-state index contributed by atoms with van der Waals surface area (Å²) in [5.41, 5.74) is 0.0909. The molecule has 1 amide bonds. The Bertz CT molecular complexity index is 353. The predicted octanol–water partition coefficient (Wildman–Crippen LogP) is 0.783. The number of carbonyl (C=O) groups excluding carboxylic acids is 1. The van der Waals surface area contributed by atoms with Crippen LogP contribution in [-0.4, -0.2) is 29.3 Å². The first-order valence-electron chi connectivity index (χ1n) is 5.70. The average molecular weight is 237 g/mol. The fourth-order valence-corrected chi connectivity index (χ4v) is 1.62. The second-order valence-electron chi connectivity index (χ2n) is 4.23. The largest absolute Gasteiger partial charge is 0.396 e. The minimum absolute atomic E-state index is 0.00536. The van der Waals surface area contributed by atoms with Gasteiger partial charge in [0.15, 0.2) is 0 Å². The van der Waals surface area contributed by atoms with E-state index in [1.165, 1.54) is 0 Å². The molecule has 94 valence electrons. The second kappa shape index (κ2) is 6.37. The molecule has 0 spiro atoms. The minimum atomic E-state index is -0.770. The maximum Gasteiger partial charge on any atom is 0.220 e. The van der Waals surface area contributed by atoms with Crippen molar-refractivity contribution in [2.45, 2.75) is 25.3 Å². The molecular formula is C13H19NO3. The van der Waals surface area contributed by atoms with Crippen LogP contribution in [0.25, 0.3) is 0 Å². The number of rotatable bonds is 6. The van der Waals surface area contributed by atoms with Gasteiger partial charge in [-0.1, -0.05) is 30.3 Å². The first-order chi connectivity index (χ1) is 8.12. The molecule has 1 atom stereocenters. The molecule has 0 radical (unpaired) electrons. The van der Waals surface area contributed by atoms with E-state index < -0.39 is 5.54 Å². The van der Waals surface area contributed by atoms with Crippen molar-refractivity contribution in [2.75, 3.05) is 13.2 Å². The first-order valence-corrected chi connectivity index (χ1v) is 5.70. The number of carbonyl (C=O) groups is 1. The highest BCUT2D eigenvalue weighted by Crippen LogP contribution is 2.19. The summed E-state index contributed by atoms with van der Waals surface area (Å²) in [6.07, 6.45) is 0.695. The average Bonchev–Trinajstić information content (AvgIpc) is 2.37. The highest BCUT2D eigenvalue weighted by molar-refractivity contribution is 5.77. The van der Waals surface area contributed by atoms with Crippen molar-refractivity contribution in [3.8, 4) is 0 Å². The van der Waals surface area contributed by atoms with Crippen LogP contribution in [0, 0.1) is 0 Å². The van der Waals surface area contributed by atoms with E-state index in [0.29, 0.717) is 6.42 Å². The summed E-state index contributed by atoms with van der Waals surface area (Å²) in [5.74, 6) is -0.167. The normalized spacial score (nSPS) is 14.1. The third kappa shape index (κ3) is 3.84. The molecule has 0 heterocycles. The van der Waals surface area contributed by atoms with Crippen LogP contribution in [0.1, 0.15) is 25.3 Å². The summed E-state index contributed by atoms with van der Waals surface area (Å²) in [6, 6.07) is 9.34. The van der Waals surface area contributed by atoms with Crippen molar-refractivity contribution in [3.63, 3.8) is 0 Å². The molecule has 0 aliphatic rings. The Morgan fingerprint density at radius 2 is 1.94 bits per heavy atom. The van der Waals surface area contributed by atoms with Gasteiger partial charge in [-0.15, -0.1) is 0 Å². The van der Waals surface area contributed by atoms with Gasteiger partial charge in [0.2, 0.25) is 5.91 Å². The fourth-order valence-electron chi connectivity index (χ4n) is 1.62. The Labute approximate surface area is 101 Å². The van der Waals surface area contributed by atoms with Gasteiger partial charge in [0.1, 0.15) is 0 Å². The van der Waals surface area contributed by atoms with Crippen molar-refractivity contribution in [2.24, 2.45) is 0 Å². The number of hydrogen-bond acceptors (Lipinski definition) is 3. The van der Waals surface area contributed by atoms with Crippen LogP contribution in [0.3, 0.4) is 0 Å². The summed E-state index contributed by atoms with van der Waals surface area (Å²) < 4.78 is 0. The van der Waals surface area contributed by atoms with Gasteiger partial charge < -0.3 is 15.5 Å². The van der Waals surface area contributed by atoms with E-state index in [0.717, 1.165) is 5.56 Å². The van der Waals surface area contributed by atoms with Crippen LogP contribution < -0.4 is 5.32 Å². The van der Waals surface area contributed by atoms with Gasteiger partial charge in [0, 0.05) is 13.0 Å². The van der Waals surface area contributed by atoms with Gasteiger partial charge >= 0.3 is 0 Å². The lowest BCUT2D eigenvalue weighted by atomic mass is 9.92. The van der Waals surface area contributed by atoms with Crippen LogP contribution in [0.4, 0.5) is 0 Å². The molecule has 0 saturated carbocycles. The maximum absolute atomic E-state index is 11.6. The zero-order chi connectivity index (χ0) is 12.7. The SMILES string of the molecule is CC(CO)(NC(=O)CCCO)c1ccccc1. The molecule has 4 nitrogen and oxygen atoms in total. The molecule has 0 bridgehead atoms. The summed E-state index contributed by atoms with van der Waals surface area (Å²) in [4.78, 5) is 11.6. The number of benzene rings is 1. The number of hydrogen-bond donors (Lipinski definition) is 3. The second-order valence-corrected chi connectivity index (χ2v) is 4.23. The zero-order valence-electron chi connectivity index (χ0n) is 10.0. The van der Waals surface area contributed by atoms with Crippen molar-refractivity contribution in [3.05, 3.63) is 35.9 Å². The number of aliphatic hydroxyl groups excluding tert-OH is 2. The molecule has 0 saturated heterocycles. The van der Waals surface area contributed by atoms with E-state index in [4.69, 9.17) is 5.11 Å². The fraction of sp³-hybridized carbons (Fsp3) is 0.462. The molecule has 1 rings (SSSR count). The lowest BCUT2D eigenvalue weighted by Gasteiger charge is -2.29. The predicted molar refractivity (Wildman–Crippen MR) is 65.3 cm³/mol. The Morgan fingerprint density at radius 3 is 2.47 bits per heavy atom. The maximum atomic E-state index is 11.6. The highest BCUT2D eigenvalue weighted by atomic mass is 16.3. The summed E-state index contributed by atoms with van der Waals surface area (Å²) in [6.45, 7) is 1.61. The third-order valence-electron chi connectivity index (χ3n) is 2.70. The van der Waals surface area contributed by atoms with E-state index in [1.807, 2.05) is 30.3 Å². The zero-order valence-corrected chi connectivity index (χ0v) is 10.0. The Hall–Kier alpha value is -1.39. The Morgan fingerprint density at radius 1 is 1.29 bits per heavy atom. The lowest BCUT2D eigenvalue weighted by Crippen LogP contribution is -2.46. The van der Waals surface area contributed by atoms with Crippen LogP contribution in [0.15, 0.2) is 30.3 Å². The van der Waals surface area contributed by atoms with E-state index in [9.17, 15) is 9.90 Å². The Balaban J connectivity index is 2.72. The van der Waals surface area contributed by atoms with E-state index in [1.54, 1.807) is 6.92 Å². The number of nitrogens with one attached hydrogen (secondary N) is 1.